The minimum atomic E-state index is -0.240. The quantitative estimate of drug-likeness (QED) is 0.558. The second-order valence-electron chi connectivity index (χ2n) is 3.72. The molecule has 1 atom stereocenters. The Morgan fingerprint density at radius 2 is 2.39 bits per heavy atom. The molecule has 0 amide bonds. The van der Waals surface area contributed by atoms with Crippen LogP contribution < -0.4 is 5.32 Å². The van der Waals surface area contributed by atoms with Gasteiger partial charge >= 0.3 is 5.97 Å². The molecule has 7 heteroatoms. The Labute approximate surface area is 111 Å². The van der Waals surface area contributed by atoms with Crippen LogP contribution in [0.25, 0.3) is 0 Å². The maximum absolute atomic E-state index is 11.7. The van der Waals surface area contributed by atoms with Crippen molar-refractivity contribution in [1.82, 2.24) is 20.1 Å². The Hall–Kier alpha value is -1.08. The number of aryl methyl sites for hydroxylation is 1. The van der Waals surface area contributed by atoms with E-state index in [2.05, 4.69) is 15.5 Å². The normalized spacial score (nSPS) is 12.4. The summed E-state index contributed by atoms with van der Waals surface area (Å²) < 4.78 is 6.88. The molecule has 6 nitrogen and oxygen atoms in total. The van der Waals surface area contributed by atoms with Gasteiger partial charge in [-0.2, -0.15) is 0 Å². The molecule has 102 valence electrons. The van der Waals surface area contributed by atoms with Gasteiger partial charge in [0.2, 0.25) is 0 Å². The van der Waals surface area contributed by atoms with Gasteiger partial charge in [-0.3, -0.25) is 4.79 Å². The van der Waals surface area contributed by atoms with E-state index in [9.17, 15) is 4.79 Å². The third-order valence-corrected chi connectivity index (χ3v) is 3.40. The van der Waals surface area contributed by atoms with Gasteiger partial charge in [0, 0.05) is 12.8 Å². The molecule has 0 bridgehead atoms. The van der Waals surface area contributed by atoms with Gasteiger partial charge in [-0.05, 0) is 19.9 Å². The van der Waals surface area contributed by atoms with Gasteiger partial charge in [0.05, 0.1) is 6.61 Å². The number of nitrogens with zero attached hydrogens (tertiary/aromatic N) is 3. The van der Waals surface area contributed by atoms with Gasteiger partial charge in [0.15, 0.2) is 5.16 Å². The van der Waals surface area contributed by atoms with Crippen LogP contribution in [0.3, 0.4) is 0 Å². The predicted molar refractivity (Wildman–Crippen MR) is 70.4 cm³/mol. The molecular weight excluding hydrogens is 252 g/mol. The van der Waals surface area contributed by atoms with Gasteiger partial charge in [-0.1, -0.05) is 18.7 Å². The van der Waals surface area contributed by atoms with Crippen molar-refractivity contribution in [3.8, 4) is 0 Å². The fraction of sp³-hybridized carbons (Fsp3) is 0.727. The minimum Gasteiger partial charge on any atom is -0.465 e. The van der Waals surface area contributed by atoms with E-state index < -0.39 is 0 Å². The highest BCUT2D eigenvalue weighted by atomic mass is 32.2. The third kappa shape index (κ3) is 4.66. The summed E-state index contributed by atoms with van der Waals surface area (Å²) in [6, 6.07) is -0.240. The van der Waals surface area contributed by atoms with Crippen LogP contribution >= 0.6 is 11.8 Å². The van der Waals surface area contributed by atoms with E-state index in [0.29, 0.717) is 13.0 Å². The Morgan fingerprint density at radius 1 is 1.61 bits per heavy atom. The van der Waals surface area contributed by atoms with Gasteiger partial charge < -0.3 is 14.6 Å². The van der Waals surface area contributed by atoms with Crippen LogP contribution in [-0.2, 0) is 16.6 Å². The topological polar surface area (TPSA) is 69.0 Å². The van der Waals surface area contributed by atoms with Crippen molar-refractivity contribution in [3.05, 3.63) is 6.33 Å². The molecule has 0 fully saturated rings. The number of nitrogens with one attached hydrogen (secondary N) is 1. The molecule has 0 aliphatic carbocycles. The molecule has 18 heavy (non-hydrogen) atoms. The molecule has 0 radical (unpaired) electrons. The van der Waals surface area contributed by atoms with Crippen LogP contribution in [0.15, 0.2) is 11.5 Å². The lowest BCUT2D eigenvalue weighted by molar-refractivity contribution is -0.145. The van der Waals surface area contributed by atoms with E-state index >= 15 is 0 Å². The van der Waals surface area contributed by atoms with E-state index in [4.69, 9.17) is 4.74 Å². The number of esters is 1. The first kappa shape index (κ1) is 15.0. The summed E-state index contributed by atoms with van der Waals surface area (Å²) in [7, 11) is 1.90. The molecule has 1 aromatic rings. The van der Waals surface area contributed by atoms with Crippen molar-refractivity contribution in [3.63, 3.8) is 0 Å². The fourth-order valence-electron chi connectivity index (χ4n) is 1.46. The number of ether oxygens (including phenoxy) is 1. The number of aromatic nitrogens is 3. The Bertz CT molecular complexity index is 370. The fourth-order valence-corrected chi connectivity index (χ4v) is 2.36. The maximum atomic E-state index is 11.7. The number of hydrogen-bond donors (Lipinski definition) is 1. The lowest BCUT2D eigenvalue weighted by atomic mass is 10.2. The lowest BCUT2D eigenvalue weighted by Crippen LogP contribution is -2.38. The molecule has 1 unspecified atom stereocenters. The number of rotatable bonds is 8. The highest BCUT2D eigenvalue weighted by Gasteiger charge is 2.18. The molecule has 0 aliphatic heterocycles. The Kier molecular flexibility index (Phi) is 6.74. The summed E-state index contributed by atoms with van der Waals surface area (Å²) in [6.45, 7) is 4.95. The molecule has 0 saturated heterocycles. The smallest absolute Gasteiger partial charge is 0.323 e. The Balaban J connectivity index is 2.37. The first-order valence-corrected chi connectivity index (χ1v) is 7.04. The summed E-state index contributed by atoms with van der Waals surface area (Å²) in [5.74, 6) is 0.612. The molecule has 1 rings (SSSR count). The van der Waals surface area contributed by atoms with Crippen LogP contribution in [0.1, 0.15) is 20.3 Å². The molecule has 1 N–H and O–H groups in total. The van der Waals surface area contributed by atoms with Crippen LogP contribution in [0.5, 0.6) is 0 Å². The summed E-state index contributed by atoms with van der Waals surface area (Å²) >= 11 is 1.58. The SMILES string of the molecule is CCNC(CCSc1nncn1C)C(=O)OCC. The van der Waals surface area contributed by atoms with Crippen molar-refractivity contribution < 1.29 is 9.53 Å². The van der Waals surface area contributed by atoms with Gasteiger partial charge in [-0.25, -0.2) is 0 Å². The molecule has 0 spiro atoms. The molecule has 0 aliphatic rings. The number of hydrogen-bond acceptors (Lipinski definition) is 6. The number of carbonyl (C=O) groups is 1. The molecule has 1 heterocycles. The number of likely N-dealkylation sites (N-methyl/N-ethyl adjacent to an activating group) is 1. The van der Waals surface area contributed by atoms with Crippen molar-refractivity contribution in [1.29, 1.82) is 0 Å². The summed E-state index contributed by atoms with van der Waals surface area (Å²) in [5, 5.41) is 11.8. The Morgan fingerprint density at radius 3 is 2.94 bits per heavy atom. The van der Waals surface area contributed by atoms with Gasteiger partial charge in [0.1, 0.15) is 12.4 Å². The van der Waals surface area contributed by atoms with Crippen molar-refractivity contribution in [2.24, 2.45) is 7.05 Å². The highest BCUT2D eigenvalue weighted by molar-refractivity contribution is 7.99. The van der Waals surface area contributed by atoms with Crippen molar-refractivity contribution in [2.45, 2.75) is 31.5 Å². The van der Waals surface area contributed by atoms with Gasteiger partial charge in [0.25, 0.3) is 0 Å². The number of carbonyl (C=O) groups excluding carboxylic acids is 1. The molecule has 0 aromatic carbocycles. The van der Waals surface area contributed by atoms with Crippen LogP contribution in [-0.4, -0.2) is 45.7 Å². The van der Waals surface area contributed by atoms with Crippen molar-refractivity contribution >= 4 is 17.7 Å². The van der Waals surface area contributed by atoms with E-state index in [-0.39, 0.29) is 12.0 Å². The number of thioether (sulfide) groups is 1. The third-order valence-electron chi connectivity index (χ3n) is 2.33. The van der Waals surface area contributed by atoms with Crippen LogP contribution in [0.2, 0.25) is 0 Å². The van der Waals surface area contributed by atoms with E-state index in [1.807, 2.05) is 25.5 Å². The van der Waals surface area contributed by atoms with Crippen LogP contribution in [0, 0.1) is 0 Å². The lowest BCUT2D eigenvalue weighted by Gasteiger charge is -2.15. The second-order valence-corrected chi connectivity index (χ2v) is 4.79. The van der Waals surface area contributed by atoms with Gasteiger partial charge in [-0.15, -0.1) is 10.2 Å². The monoisotopic (exact) mass is 272 g/mol. The largest absolute Gasteiger partial charge is 0.465 e. The standard InChI is InChI=1S/C11H20N4O2S/c1-4-12-9(10(16)17-5-2)6-7-18-11-14-13-8-15(11)3/h8-9,12H,4-7H2,1-3H3. The van der Waals surface area contributed by atoms with Crippen molar-refractivity contribution in [2.75, 3.05) is 18.9 Å². The van der Waals surface area contributed by atoms with E-state index in [1.165, 1.54) is 0 Å². The maximum Gasteiger partial charge on any atom is 0.323 e. The van der Waals surface area contributed by atoms with E-state index in [0.717, 1.165) is 17.5 Å². The minimum absolute atomic E-state index is 0.182. The summed E-state index contributed by atoms with van der Waals surface area (Å²) in [6.07, 6.45) is 2.37. The zero-order valence-corrected chi connectivity index (χ0v) is 11.9. The van der Waals surface area contributed by atoms with E-state index in [1.54, 1.807) is 18.1 Å². The molecule has 1 aromatic heterocycles. The summed E-state index contributed by atoms with van der Waals surface area (Å²) in [5.41, 5.74) is 0. The summed E-state index contributed by atoms with van der Waals surface area (Å²) in [4.78, 5) is 11.7. The predicted octanol–water partition coefficient (Wildman–Crippen LogP) is 0.839. The first-order chi connectivity index (χ1) is 8.69. The average Bonchev–Trinajstić information content (AvgIpc) is 2.74. The molecule has 0 saturated carbocycles. The first-order valence-electron chi connectivity index (χ1n) is 6.05. The highest BCUT2D eigenvalue weighted by Crippen LogP contribution is 2.15. The zero-order chi connectivity index (χ0) is 13.4. The average molecular weight is 272 g/mol. The second kappa shape index (κ2) is 8.10. The zero-order valence-electron chi connectivity index (χ0n) is 11.0. The molecular formula is C11H20N4O2S. The van der Waals surface area contributed by atoms with Crippen LogP contribution in [0.4, 0.5) is 0 Å².